The van der Waals surface area contributed by atoms with Gasteiger partial charge in [0.15, 0.2) is 0 Å². The lowest BCUT2D eigenvalue weighted by molar-refractivity contribution is 0.0524. The molecule has 3 unspecified atom stereocenters. The van der Waals surface area contributed by atoms with Crippen LogP contribution in [0.25, 0.3) is 0 Å². The van der Waals surface area contributed by atoms with Crippen LogP contribution in [0.3, 0.4) is 0 Å². The Balaban J connectivity index is 1.60. The van der Waals surface area contributed by atoms with Crippen LogP contribution in [0.5, 0.6) is 11.5 Å². The third-order valence-corrected chi connectivity index (χ3v) is 5.09. The fourth-order valence-corrected chi connectivity index (χ4v) is 3.82. The molecular weight excluding hydrogens is 292 g/mol. The van der Waals surface area contributed by atoms with Crippen LogP contribution in [-0.4, -0.2) is 46.1 Å². The van der Waals surface area contributed by atoms with Crippen LogP contribution in [0.15, 0.2) is 18.2 Å². The molecule has 1 aromatic carbocycles. The van der Waals surface area contributed by atoms with E-state index in [0.717, 1.165) is 37.8 Å². The van der Waals surface area contributed by atoms with Crippen molar-refractivity contribution < 1.29 is 14.2 Å². The molecule has 1 saturated heterocycles. The SMILES string of the molecule is COc1ccc(CNC2CCCC2C2COCCN2)c(OC)c1. The molecule has 1 aliphatic carbocycles. The van der Waals surface area contributed by atoms with Gasteiger partial charge in [0.05, 0.1) is 27.4 Å². The van der Waals surface area contributed by atoms with Crippen molar-refractivity contribution in [2.75, 3.05) is 34.0 Å². The minimum Gasteiger partial charge on any atom is -0.497 e. The van der Waals surface area contributed by atoms with E-state index in [9.17, 15) is 0 Å². The lowest BCUT2D eigenvalue weighted by Crippen LogP contribution is -2.50. The first-order valence-electron chi connectivity index (χ1n) is 8.57. The van der Waals surface area contributed by atoms with E-state index in [2.05, 4.69) is 16.7 Å². The Morgan fingerprint density at radius 1 is 1.26 bits per heavy atom. The zero-order valence-corrected chi connectivity index (χ0v) is 14.1. The number of hydrogen-bond acceptors (Lipinski definition) is 5. The van der Waals surface area contributed by atoms with E-state index in [1.54, 1.807) is 14.2 Å². The standard InChI is InChI=1S/C18H28N2O3/c1-21-14-7-6-13(18(10-14)22-2)11-20-16-5-3-4-15(16)17-12-23-9-8-19-17/h6-7,10,15-17,19-20H,3-5,8-9,11-12H2,1-2H3. The number of hydrogen-bond donors (Lipinski definition) is 2. The van der Waals surface area contributed by atoms with Gasteiger partial charge in [0.2, 0.25) is 0 Å². The average Bonchev–Trinajstić information content (AvgIpc) is 3.09. The second-order valence-electron chi connectivity index (χ2n) is 6.40. The van der Waals surface area contributed by atoms with Gasteiger partial charge in [0.1, 0.15) is 11.5 Å². The van der Waals surface area contributed by atoms with Gasteiger partial charge < -0.3 is 24.8 Å². The van der Waals surface area contributed by atoms with E-state index in [1.807, 2.05) is 12.1 Å². The van der Waals surface area contributed by atoms with E-state index in [1.165, 1.54) is 24.8 Å². The van der Waals surface area contributed by atoms with Crippen LogP contribution in [-0.2, 0) is 11.3 Å². The summed E-state index contributed by atoms with van der Waals surface area (Å²) in [6, 6.07) is 7.04. The Morgan fingerprint density at radius 2 is 2.17 bits per heavy atom. The summed E-state index contributed by atoms with van der Waals surface area (Å²) >= 11 is 0. The first-order valence-corrected chi connectivity index (χ1v) is 8.57. The first kappa shape index (κ1) is 16.6. The molecule has 0 bridgehead atoms. The van der Waals surface area contributed by atoms with Gasteiger partial charge in [0, 0.05) is 36.8 Å². The van der Waals surface area contributed by atoms with E-state index in [0.29, 0.717) is 18.0 Å². The molecule has 1 aliphatic heterocycles. The second-order valence-corrected chi connectivity index (χ2v) is 6.40. The smallest absolute Gasteiger partial charge is 0.127 e. The summed E-state index contributed by atoms with van der Waals surface area (Å²) in [6.45, 7) is 3.47. The van der Waals surface area contributed by atoms with Crippen molar-refractivity contribution in [3.05, 3.63) is 23.8 Å². The quantitative estimate of drug-likeness (QED) is 0.839. The number of ether oxygens (including phenoxy) is 3. The van der Waals surface area contributed by atoms with E-state index in [4.69, 9.17) is 14.2 Å². The summed E-state index contributed by atoms with van der Waals surface area (Å²) in [5, 5.41) is 7.36. The fourth-order valence-electron chi connectivity index (χ4n) is 3.82. The molecule has 5 nitrogen and oxygen atoms in total. The van der Waals surface area contributed by atoms with E-state index >= 15 is 0 Å². The highest BCUT2D eigenvalue weighted by Gasteiger charge is 2.34. The highest BCUT2D eigenvalue weighted by molar-refractivity contribution is 5.40. The van der Waals surface area contributed by atoms with Crippen molar-refractivity contribution in [3.63, 3.8) is 0 Å². The molecule has 1 saturated carbocycles. The summed E-state index contributed by atoms with van der Waals surface area (Å²) in [6.07, 6.45) is 3.81. The summed E-state index contributed by atoms with van der Waals surface area (Å²) in [7, 11) is 3.38. The highest BCUT2D eigenvalue weighted by atomic mass is 16.5. The lowest BCUT2D eigenvalue weighted by atomic mass is 9.94. The van der Waals surface area contributed by atoms with Crippen LogP contribution in [0.1, 0.15) is 24.8 Å². The van der Waals surface area contributed by atoms with Crippen LogP contribution < -0.4 is 20.1 Å². The summed E-state index contributed by atoms with van der Waals surface area (Å²) in [5.41, 5.74) is 1.17. The van der Waals surface area contributed by atoms with Crippen molar-refractivity contribution in [1.29, 1.82) is 0 Å². The number of rotatable bonds is 6. The monoisotopic (exact) mass is 320 g/mol. The molecule has 3 rings (SSSR count). The van der Waals surface area contributed by atoms with Gasteiger partial charge in [-0.15, -0.1) is 0 Å². The number of benzene rings is 1. The second kappa shape index (κ2) is 7.99. The molecule has 0 radical (unpaired) electrons. The molecule has 1 aromatic rings. The van der Waals surface area contributed by atoms with Gasteiger partial charge in [0.25, 0.3) is 0 Å². The zero-order chi connectivity index (χ0) is 16.1. The maximum Gasteiger partial charge on any atom is 0.127 e. The van der Waals surface area contributed by atoms with E-state index < -0.39 is 0 Å². The molecule has 2 aliphatic rings. The van der Waals surface area contributed by atoms with E-state index in [-0.39, 0.29) is 0 Å². The van der Waals surface area contributed by atoms with Gasteiger partial charge in [-0.1, -0.05) is 12.5 Å². The predicted octanol–water partition coefficient (Wildman–Crippen LogP) is 1.95. The van der Waals surface area contributed by atoms with Crippen LogP contribution in [0.2, 0.25) is 0 Å². The van der Waals surface area contributed by atoms with Gasteiger partial charge in [-0.05, 0) is 24.8 Å². The summed E-state index contributed by atoms with van der Waals surface area (Å²) in [5.74, 6) is 2.36. The maximum absolute atomic E-state index is 5.64. The van der Waals surface area contributed by atoms with Crippen LogP contribution >= 0.6 is 0 Å². The number of nitrogens with one attached hydrogen (secondary N) is 2. The third kappa shape index (κ3) is 3.97. The third-order valence-electron chi connectivity index (χ3n) is 5.09. The normalized spacial score (nSPS) is 27.8. The summed E-state index contributed by atoms with van der Waals surface area (Å²) < 4.78 is 16.4. The molecule has 128 valence electrons. The molecule has 0 aromatic heterocycles. The van der Waals surface area contributed by atoms with Crippen molar-refractivity contribution in [2.45, 2.75) is 37.9 Å². The highest BCUT2D eigenvalue weighted by Crippen LogP contribution is 2.31. The van der Waals surface area contributed by atoms with Gasteiger partial charge in [-0.2, -0.15) is 0 Å². The maximum atomic E-state index is 5.64. The van der Waals surface area contributed by atoms with Crippen LogP contribution in [0.4, 0.5) is 0 Å². The fraction of sp³-hybridized carbons (Fsp3) is 0.667. The van der Waals surface area contributed by atoms with Gasteiger partial charge >= 0.3 is 0 Å². The average molecular weight is 320 g/mol. The Kier molecular flexibility index (Phi) is 5.75. The number of methoxy groups -OCH3 is 2. The molecule has 1 heterocycles. The molecular formula is C18H28N2O3. The van der Waals surface area contributed by atoms with Crippen molar-refractivity contribution in [2.24, 2.45) is 5.92 Å². The lowest BCUT2D eigenvalue weighted by Gasteiger charge is -2.33. The Morgan fingerprint density at radius 3 is 2.91 bits per heavy atom. The molecule has 2 N–H and O–H groups in total. The topological polar surface area (TPSA) is 51.8 Å². The van der Waals surface area contributed by atoms with Gasteiger partial charge in [-0.25, -0.2) is 0 Å². The Bertz CT molecular complexity index is 503. The summed E-state index contributed by atoms with van der Waals surface area (Å²) in [4.78, 5) is 0. The molecule has 3 atom stereocenters. The van der Waals surface area contributed by atoms with Crippen molar-refractivity contribution in [1.82, 2.24) is 10.6 Å². The largest absolute Gasteiger partial charge is 0.497 e. The Hall–Kier alpha value is -1.30. The zero-order valence-electron chi connectivity index (χ0n) is 14.1. The molecule has 0 spiro atoms. The number of morpholine rings is 1. The first-order chi connectivity index (χ1) is 11.3. The minimum absolute atomic E-state index is 0.488. The Labute approximate surface area is 138 Å². The van der Waals surface area contributed by atoms with Crippen molar-refractivity contribution in [3.8, 4) is 11.5 Å². The predicted molar refractivity (Wildman–Crippen MR) is 90.1 cm³/mol. The molecule has 23 heavy (non-hydrogen) atoms. The minimum atomic E-state index is 0.488. The van der Waals surface area contributed by atoms with Gasteiger partial charge in [-0.3, -0.25) is 0 Å². The molecule has 0 amide bonds. The van der Waals surface area contributed by atoms with Crippen LogP contribution in [0, 0.1) is 5.92 Å². The molecule has 2 fully saturated rings. The molecule has 5 heteroatoms. The van der Waals surface area contributed by atoms with Crippen molar-refractivity contribution >= 4 is 0 Å².